The predicted octanol–water partition coefficient (Wildman–Crippen LogP) is -0.160. The van der Waals surface area contributed by atoms with Gasteiger partial charge >= 0.3 is 0 Å². The molecule has 2 heterocycles. The van der Waals surface area contributed by atoms with Crippen molar-refractivity contribution in [1.82, 2.24) is 9.80 Å². The van der Waals surface area contributed by atoms with Crippen LogP contribution >= 0.6 is 0 Å². The summed E-state index contributed by atoms with van der Waals surface area (Å²) >= 11 is 0. The molecule has 0 aromatic carbocycles. The van der Waals surface area contributed by atoms with Crippen LogP contribution in [0.5, 0.6) is 0 Å². The summed E-state index contributed by atoms with van der Waals surface area (Å²) in [6.07, 6.45) is 3.59. The van der Waals surface area contributed by atoms with E-state index in [2.05, 4.69) is 0 Å². The summed E-state index contributed by atoms with van der Waals surface area (Å²) in [5, 5.41) is 8.88. The van der Waals surface area contributed by atoms with Crippen molar-refractivity contribution in [3.63, 3.8) is 0 Å². The molecule has 2 aliphatic heterocycles. The normalized spacial score (nSPS) is 22.3. The molecule has 0 atom stereocenters. The molecule has 1 N–H and O–H groups in total. The average Bonchev–Trinajstić information content (AvgIpc) is 2.43. The van der Waals surface area contributed by atoms with E-state index in [4.69, 9.17) is 5.11 Å². The Morgan fingerprint density at radius 2 is 2.06 bits per heavy atom. The maximum Gasteiger partial charge on any atom is 0.242 e. The van der Waals surface area contributed by atoms with Gasteiger partial charge in [-0.3, -0.25) is 9.59 Å². The molecular formula is C12H20N2O3. The molecule has 17 heavy (non-hydrogen) atoms. The lowest BCUT2D eigenvalue weighted by Crippen LogP contribution is -2.54. The predicted molar refractivity (Wildman–Crippen MR) is 62.2 cm³/mol. The van der Waals surface area contributed by atoms with E-state index in [-0.39, 0.29) is 30.9 Å². The van der Waals surface area contributed by atoms with Crippen LogP contribution in [0.2, 0.25) is 0 Å². The van der Waals surface area contributed by atoms with E-state index in [1.165, 1.54) is 0 Å². The highest BCUT2D eigenvalue weighted by Gasteiger charge is 2.31. The maximum absolute atomic E-state index is 11.9. The number of nitrogens with zero attached hydrogens (tertiary/aromatic N) is 2. The van der Waals surface area contributed by atoms with Crippen LogP contribution in [0, 0.1) is 5.92 Å². The minimum Gasteiger partial charge on any atom is -0.396 e. The molecule has 0 spiro atoms. The first-order valence-corrected chi connectivity index (χ1v) is 6.37. The number of aliphatic hydroxyl groups excluding tert-OH is 1. The second-order valence-corrected chi connectivity index (χ2v) is 4.97. The van der Waals surface area contributed by atoms with E-state index >= 15 is 0 Å². The lowest BCUT2D eigenvalue weighted by atomic mass is 10.0. The van der Waals surface area contributed by atoms with Gasteiger partial charge in [-0.2, -0.15) is 0 Å². The molecule has 5 heteroatoms. The standard InChI is InChI=1S/C12H20N2O3/c15-9-10-6-14(7-10)12(17)8-13-5-3-1-2-4-11(13)16/h10,15H,1-9H2. The van der Waals surface area contributed by atoms with Crippen LogP contribution in [0.1, 0.15) is 25.7 Å². The molecule has 0 aromatic rings. The number of likely N-dealkylation sites (tertiary alicyclic amines) is 2. The number of hydrogen-bond donors (Lipinski definition) is 1. The molecule has 2 saturated heterocycles. The van der Waals surface area contributed by atoms with Crippen molar-refractivity contribution >= 4 is 11.8 Å². The summed E-state index contributed by atoms with van der Waals surface area (Å²) < 4.78 is 0. The Morgan fingerprint density at radius 1 is 1.29 bits per heavy atom. The summed E-state index contributed by atoms with van der Waals surface area (Å²) in [7, 11) is 0. The van der Waals surface area contributed by atoms with Crippen molar-refractivity contribution < 1.29 is 14.7 Å². The third-order valence-corrected chi connectivity index (χ3v) is 3.57. The van der Waals surface area contributed by atoms with Gasteiger partial charge in [0.2, 0.25) is 11.8 Å². The number of carbonyl (C=O) groups excluding carboxylic acids is 2. The van der Waals surface area contributed by atoms with Crippen molar-refractivity contribution in [3.05, 3.63) is 0 Å². The lowest BCUT2D eigenvalue weighted by molar-refractivity contribution is -0.144. The molecule has 2 aliphatic rings. The van der Waals surface area contributed by atoms with Gasteiger partial charge in [-0.1, -0.05) is 6.42 Å². The molecule has 0 saturated carbocycles. The SMILES string of the molecule is O=C1CCCCCN1CC(=O)N1CC(CO)C1. The van der Waals surface area contributed by atoms with Crippen molar-refractivity contribution in [1.29, 1.82) is 0 Å². The Hall–Kier alpha value is -1.10. The van der Waals surface area contributed by atoms with E-state index in [0.29, 0.717) is 26.1 Å². The molecule has 0 aliphatic carbocycles. The van der Waals surface area contributed by atoms with Crippen LogP contribution < -0.4 is 0 Å². The molecule has 0 unspecified atom stereocenters. The van der Waals surface area contributed by atoms with E-state index in [1.807, 2.05) is 0 Å². The molecule has 0 aromatic heterocycles. The van der Waals surface area contributed by atoms with Crippen LogP contribution in [0.4, 0.5) is 0 Å². The zero-order chi connectivity index (χ0) is 12.3. The summed E-state index contributed by atoms with van der Waals surface area (Å²) in [6.45, 7) is 2.35. The fraction of sp³-hybridized carbons (Fsp3) is 0.833. The van der Waals surface area contributed by atoms with Gasteiger partial charge < -0.3 is 14.9 Å². The van der Waals surface area contributed by atoms with Crippen LogP contribution in [0.25, 0.3) is 0 Å². The van der Waals surface area contributed by atoms with Gasteiger partial charge in [0, 0.05) is 38.6 Å². The quantitative estimate of drug-likeness (QED) is 0.745. The Bertz CT molecular complexity index is 300. The fourth-order valence-corrected chi connectivity index (χ4v) is 2.36. The highest BCUT2D eigenvalue weighted by molar-refractivity contribution is 5.85. The highest BCUT2D eigenvalue weighted by atomic mass is 16.3. The van der Waals surface area contributed by atoms with Crippen LogP contribution in [-0.2, 0) is 9.59 Å². The summed E-state index contributed by atoms with van der Waals surface area (Å²) in [4.78, 5) is 27.0. The Morgan fingerprint density at radius 3 is 2.76 bits per heavy atom. The van der Waals surface area contributed by atoms with Gasteiger partial charge in [0.25, 0.3) is 0 Å². The topological polar surface area (TPSA) is 60.9 Å². The Labute approximate surface area is 101 Å². The molecule has 2 fully saturated rings. The third kappa shape index (κ3) is 2.97. The lowest BCUT2D eigenvalue weighted by Gasteiger charge is -2.39. The van der Waals surface area contributed by atoms with Crippen molar-refractivity contribution in [3.8, 4) is 0 Å². The Balaban J connectivity index is 1.79. The molecular weight excluding hydrogens is 220 g/mol. The fourth-order valence-electron chi connectivity index (χ4n) is 2.36. The molecule has 96 valence electrons. The van der Waals surface area contributed by atoms with Crippen molar-refractivity contribution in [2.24, 2.45) is 5.92 Å². The summed E-state index contributed by atoms with van der Waals surface area (Å²) in [6, 6.07) is 0. The first kappa shape index (κ1) is 12.4. The summed E-state index contributed by atoms with van der Waals surface area (Å²) in [5.74, 6) is 0.360. The largest absolute Gasteiger partial charge is 0.396 e. The van der Waals surface area contributed by atoms with Crippen LogP contribution in [0.15, 0.2) is 0 Å². The maximum atomic E-state index is 11.9. The van der Waals surface area contributed by atoms with Crippen molar-refractivity contribution in [2.75, 3.05) is 32.8 Å². The molecule has 0 bridgehead atoms. The second kappa shape index (κ2) is 5.49. The smallest absolute Gasteiger partial charge is 0.242 e. The molecule has 0 radical (unpaired) electrons. The Kier molecular flexibility index (Phi) is 3.99. The first-order valence-electron chi connectivity index (χ1n) is 6.37. The van der Waals surface area contributed by atoms with Crippen LogP contribution in [-0.4, -0.2) is 59.5 Å². The number of aliphatic hydroxyl groups is 1. The van der Waals surface area contributed by atoms with E-state index in [0.717, 1.165) is 19.3 Å². The number of hydrogen-bond acceptors (Lipinski definition) is 3. The van der Waals surface area contributed by atoms with Gasteiger partial charge in [0.1, 0.15) is 0 Å². The highest BCUT2D eigenvalue weighted by Crippen LogP contribution is 2.16. The van der Waals surface area contributed by atoms with Gasteiger partial charge in [0.15, 0.2) is 0 Å². The number of amides is 2. The van der Waals surface area contributed by atoms with Gasteiger partial charge in [-0.25, -0.2) is 0 Å². The minimum atomic E-state index is 0.0185. The number of rotatable bonds is 3. The van der Waals surface area contributed by atoms with Crippen LogP contribution in [0.3, 0.4) is 0 Å². The molecule has 2 rings (SSSR count). The van der Waals surface area contributed by atoms with Crippen molar-refractivity contribution in [2.45, 2.75) is 25.7 Å². The van der Waals surface area contributed by atoms with Gasteiger partial charge in [-0.05, 0) is 12.8 Å². The van der Waals surface area contributed by atoms with E-state index in [1.54, 1.807) is 9.80 Å². The molecule has 2 amide bonds. The minimum absolute atomic E-state index is 0.0185. The number of carbonyl (C=O) groups is 2. The zero-order valence-corrected chi connectivity index (χ0v) is 10.1. The van der Waals surface area contributed by atoms with Gasteiger partial charge in [0.05, 0.1) is 6.54 Å². The molecule has 5 nitrogen and oxygen atoms in total. The third-order valence-electron chi connectivity index (χ3n) is 3.57. The van der Waals surface area contributed by atoms with Gasteiger partial charge in [-0.15, -0.1) is 0 Å². The van der Waals surface area contributed by atoms with E-state index in [9.17, 15) is 9.59 Å². The van der Waals surface area contributed by atoms with E-state index < -0.39 is 0 Å². The second-order valence-electron chi connectivity index (χ2n) is 4.97. The zero-order valence-electron chi connectivity index (χ0n) is 10.1. The summed E-state index contributed by atoms with van der Waals surface area (Å²) in [5.41, 5.74) is 0. The monoisotopic (exact) mass is 240 g/mol. The first-order chi connectivity index (χ1) is 8.20. The average molecular weight is 240 g/mol.